The number of benzene rings is 1. The van der Waals surface area contributed by atoms with E-state index in [4.69, 9.17) is 11.6 Å². The van der Waals surface area contributed by atoms with Crippen LogP contribution >= 0.6 is 11.6 Å². The first-order valence-corrected chi connectivity index (χ1v) is 11.1. The van der Waals surface area contributed by atoms with Gasteiger partial charge in [0.2, 0.25) is 0 Å². The van der Waals surface area contributed by atoms with E-state index < -0.39 is 11.9 Å². The molecule has 2 N–H and O–H groups in total. The molecule has 1 aromatic carbocycles. The lowest BCUT2D eigenvalue weighted by Crippen LogP contribution is -2.35. The van der Waals surface area contributed by atoms with Crippen molar-refractivity contribution >= 4 is 17.4 Å². The summed E-state index contributed by atoms with van der Waals surface area (Å²) in [6.45, 7) is 2.13. The van der Waals surface area contributed by atoms with Gasteiger partial charge in [-0.3, -0.25) is 5.10 Å². The van der Waals surface area contributed by atoms with E-state index in [0.717, 1.165) is 42.3 Å². The molecule has 0 radical (unpaired) electrons. The van der Waals surface area contributed by atoms with E-state index in [1.807, 2.05) is 35.4 Å². The maximum atomic E-state index is 13.1. The number of nitrogens with one attached hydrogen (secondary N) is 2. The van der Waals surface area contributed by atoms with Gasteiger partial charge in [0.05, 0.1) is 11.9 Å². The Morgan fingerprint density at radius 1 is 1.09 bits per heavy atom. The Kier molecular flexibility index (Phi) is 5.59. The number of nitrogens with zero attached hydrogens (tertiary/aromatic N) is 3. The first-order chi connectivity index (χ1) is 15.4. The van der Waals surface area contributed by atoms with Crippen molar-refractivity contribution in [2.75, 3.05) is 18.0 Å². The maximum Gasteiger partial charge on any atom is 0.433 e. The highest BCUT2D eigenvalue weighted by molar-refractivity contribution is 6.30. The van der Waals surface area contributed by atoms with Crippen LogP contribution in [0, 0.1) is 11.8 Å². The summed E-state index contributed by atoms with van der Waals surface area (Å²) in [7, 11) is 0. The highest BCUT2D eigenvalue weighted by atomic mass is 35.5. The number of anilines is 1. The zero-order valence-electron chi connectivity index (χ0n) is 17.2. The van der Waals surface area contributed by atoms with Gasteiger partial charge in [0.15, 0.2) is 0 Å². The number of rotatable bonds is 5. The summed E-state index contributed by atoms with van der Waals surface area (Å²) in [5.41, 5.74) is 2.22. The molecular formula is C23H23ClF3N5. The molecule has 0 spiro atoms. The number of halogens is 4. The predicted molar refractivity (Wildman–Crippen MR) is 117 cm³/mol. The molecule has 3 atom stereocenters. The second-order valence-corrected chi connectivity index (χ2v) is 8.99. The Bertz CT molecular complexity index is 1080. The van der Waals surface area contributed by atoms with Crippen molar-refractivity contribution in [3.8, 4) is 11.3 Å². The quantitative estimate of drug-likeness (QED) is 0.552. The summed E-state index contributed by atoms with van der Waals surface area (Å²) in [5, 5.41) is 11.6. The molecule has 1 saturated carbocycles. The van der Waals surface area contributed by atoms with Gasteiger partial charge in [0.25, 0.3) is 0 Å². The summed E-state index contributed by atoms with van der Waals surface area (Å²) in [5.74, 6) is 1.26. The molecule has 2 aromatic heterocycles. The molecule has 1 aliphatic carbocycles. The molecule has 168 valence electrons. The second kappa shape index (κ2) is 8.41. The average molecular weight is 462 g/mol. The fourth-order valence-electron chi connectivity index (χ4n) is 5.02. The number of aromatic nitrogens is 3. The molecule has 1 saturated heterocycles. The van der Waals surface area contributed by atoms with Crippen LogP contribution in [0.3, 0.4) is 0 Å². The average Bonchev–Trinajstić information content (AvgIpc) is 3.49. The highest BCUT2D eigenvalue weighted by Gasteiger charge is 2.43. The molecule has 3 aromatic rings. The van der Waals surface area contributed by atoms with Crippen molar-refractivity contribution < 1.29 is 13.2 Å². The standard InChI is InChI=1S/C23H23ClF3N5/c24-17-7-4-14(5-8-17)22-16(11-29-31-22)10-28-19-9-6-15-12-32(13-18(15)19)21-3-1-2-20(30-21)23(25,26)27/h1-5,7-8,11,15,18-19,28H,6,9-10,12-13H2,(H,29,31). The molecule has 3 heterocycles. The van der Waals surface area contributed by atoms with Crippen LogP contribution in [-0.4, -0.2) is 34.3 Å². The molecule has 2 fully saturated rings. The van der Waals surface area contributed by atoms with E-state index in [9.17, 15) is 13.2 Å². The Balaban J connectivity index is 1.25. The van der Waals surface area contributed by atoms with Gasteiger partial charge in [-0.2, -0.15) is 18.3 Å². The van der Waals surface area contributed by atoms with Gasteiger partial charge in [-0.15, -0.1) is 0 Å². The van der Waals surface area contributed by atoms with E-state index >= 15 is 0 Å². The Morgan fingerprint density at radius 3 is 2.69 bits per heavy atom. The number of alkyl halides is 3. The second-order valence-electron chi connectivity index (χ2n) is 8.55. The Labute approximate surface area is 189 Å². The van der Waals surface area contributed by atoms with Crippen LogP contribution in [0.5, 0.6) is 0 Å². The zero-order valence-corrected chi connectivity index (χ0v) is 18.0. The van der Waals surface area contributed by atoms with Crippen molar-refractivity contribution in [3.63, 3.8) is 0 Å². The van der Waals surface area contributed by atoms with Gasteiger partial charge >= 0.3 is 6.18 Å². The van der Waals surface area contributed by atoms with Crippen LogP contribution in [0.2, 0.25) is 5.02 Å². The molecular weight excluding hydrogens is 439 g/mol. The molecule has 5 rings (SSSR count). The summed E-state index contributed by atoms with van der Waals surface area (Å²) in [6.07, 6.45) is -0.473. The maximum absolute atomic E-state index is 13.1. The lowest BCUT2D eigenvalue weighted by molar-refractivity contribution is -0.141. The van der Waals surface area contributed by atoms with Crippen LogP contribution in [0.4, 0.5) is 19.0 Å². The molecule has 9 heteroatoms. The molecule has 0 amide bonds. The van der Waals surface area contributed by atoms with E-state index in [1.165, 1.54) is 6.07 Å². The van der Waals surface area contributed by atoms with E-state index in [1.54, 1.807) is 6.07 Å². The van der Waals surface area contributed by atoms with Crippen molar-refractivity contribution in [1.29, 1.82) is 0 Å². The van der Waals surface area contributed by atoms with Crippen LogP contribution in [0.1, 0.15) is 24.1 Å². The highest BCUT2D eigenvalue weighted by Crippen LogP contribution is 2.40. The third-order valence-corrected chi connectivity index (χ3v) is 6.86. The van der Waals surface area contributed by atoms with Gasteiger partial charge in [-0.1, -0.05) is 29.8 Å². The lowest BCUT2D eigenvalue weighted by atomic mass is 9.97. The summed E-state index contributed by atoms with van der Waals surface area (Å²) < 4.78 is 39.2. The number of hydrogen-bond donors (Lipinski definition) is 2. The lowest BCUT2D eigenvalue weighted by Gasteiger charge is -2.23. The molecule has 5 nitrogen and oxygen atoms in total. The molecule has 0 bridgehead atoms. The number of pyridine rings is 1. The molecule has 1 aliphatic heterocycles. The smallest absolute Gasteiger partial charge is 0.356 e. The fraction of sp³-hybridized carbons (Fsp3) is 0.391. The van der Waals surface area contributed by atoms with E-state index in [2.05, 4.69) is 20.5 Å². The number of aromatic amines is 1. The monoisotopic (exact) mass is 461 g/mol. The minimum atomic E-state index is -4.43. The van der Waals surface area contributed by atoms with Gasteiger partial charge in [0, 0.05) is 36.3 Å². The van der Waals surface area contributed by atoms with Gasteiger partial charge < -0.3 is 10.2 Å². The van der Waals surface area contributed by atoms with Crippen LogP contribution in [-0.2, 0) is 12.7 Å². The van der Waals surface area contributed by atoms with E-state index in [0.29, 0.717) is 41.8 Å². The summed E-state index contributed by atoms with van der Waals surface area (Å²) in [6, 6.07) is 12.1. The third kappa shape index (κ3) is 4.21. The van der Waals surface area contributed by atoms with E-state index in [-0.39, 0.29) is 0 Å². The van der Waals surface area contributed by atoms with Crippen LogP contribution in [0.25, 0.3) is 11.3 Å². The minimum Gasteiger partial charge on any atom is -0.356 e. The van der Waals surface area contributed by atoms with Gasteiger partial charge in [0.1, 0.15) is 11.5 Å². The molecule has 3 unspecified atom stereocenters. The summed E-state index contributed by atoms with van der Waals surface area (Å²) in [4.78, 5) is 5.87. The predicted octanol–water partition coefficient (Wildman–Crippen LogP) is 5.15. The van der Waals surface area contributed by atoms with Gasteiger partial charge in [-0.25, -0.2) is 4.98 Å². The molecule has 2 aliphatic rings. The minimum absolute atomic E-state index is 0.309. The molecule has 32 heavy (non-hydrogen) atoms. The third-order valence-electron chi connectivity index (χ3n) is 6.61. The van der Waals surface area contributed by atoms with Crippen molar-refractivity contribution in [1.82, 2.24) is 20.5 Å². The Hall–Kier alpha value is -2.58. The fourth-order valence-corrected chi connectivity index (χ4v) is 5.14. The zero-order chi connectivity index (χ0) is 22.3. The number of hydrogen-bond acceptors (Lipinski definition) is 4. The number of H-pyrrole nitrogens is 1. The van der Waals surface area contributed by atoms with Crippen LogP contribution < -0.4 is 10.2 Å². The van der Waals surface area contributed by atoms with Crippen molar-refractivity contribution in [2.45, 2.75) is 31.6 Å². The SMILES string of the molecule is FC(F)(F)c1cccc(N2CC3CCC(NCc4cn[nH]c4-c4ccc(Cl)cc4)C3C2)n1. The van der Waals surface area contributed by atoms with Crippen LogP contribution in [0.15, 0.2) is 48.7 Å². The largest absolute Gasteiger partial charge is 0.433 e. The first kappa shape index (κ1) is 21.3. The first-order valence-electron chi connectivity index (χ1n) is 10.7. The van der Waals surface area contributed by atoms with Crippen molar-refractivity contribution in [2.24, 2.45) is 11.8 Å². The van der Waals surface area contributed by atoms with Gasteiger partial charge in [-0.05, 0) is 54.5 Å². The normalized spacial score (nSPS) is 23.0. The number of fused-ring (bicyclic) bond motifs is 1. The van der Waals surface area contributed by atoms with Crippen molar-refractivity contribution in [3.05, 3.63) is 64.9 Å². The Morgan fingerprint density at radius 2 is 1.91 bits per heavy atom. The summed E-state index contributed by atoms with van der Waals surface area (Å²) >= 11 is 6.00. The topological polar surface area (TPSA) is 56.8 Å².